The van der Waals surface area contributed by atoms with E-state index in [1.807, 2.05) is 18.2 Å². The van der Waals surface area contributed by atoms with Crippen molar-refractivity contribution in [2.75, 3.05) is 0 Å². The molecular formula is C16H21N7S. The lowest BCUT2D eigenvalue weighted by Crippen LogP contribution is -2.10. The second kappa shape index (κ2) is 7.59. The summed E-state index contributed by atoms with van der Waals surface area (Å²) in [7, 11) is 0. The summed E-state index contributed by atoms with van der Waals surface area (Å²) in [6, 6.07) is 10.6. The van der Waals surface area contributed by atoms with E-state index in [2.05, 4.69) is 55.5 Å². The zero-order valence-corrected chi connectivity index (χ0v) is 14.6. The smallest absolute Gasteiger partial charge is 0.192 e. The Kier molecular flexibility index (Phi) is 5.27. The van der Waals surface area contributed by atoms with Crippen molar-refractivity contribution >= 4 is 11.8 Å². The summed E-state index contributed by atoms with van der Waals surface area (Å²) in [5.74, 6) is 2.40. The van der Waals surface area contributed by atoms with Gasteiger partial charge in [-0.1, -0.05) is 42.1 Å². The lowest BCUT2D eigenvalue weighted by atomic mass is 10.2. The summed E-state index contributed by atoms with van der Waals surface area (Å²) < 4.78 is 4.13. The number of rotatable bonds is 7. The number of hydrogen-bond donors (Lipinski definition) is 1. The molecule has 1 aromatic carbocycles. The van der Waals surface area contributed by atoms with E-state index in [1.165, 1.54) is 5.56 Å². The van der Waals surface area contributed by atoms with Gasteiger partial charge in [0.25, 0.3) is 0 Å². The molecule has 0 atom stereocenters. The maximum absolute atomic E-state index is 5.81. The minimum Gasteiger partial charge on any atom is -0.324 e. The first-order chi connectivity index (χ1) is 11.7. The van der Waals surface area contributed by atoms with Crippen LogP contribution in [0.25, 0.3) is 0 Å². The number of nitrogens with two attached hydrogens (primary N) is 1. The fourth-order valence-corrected chi connectivity index (χ4v) is 3.32. The molecule has 0 aliphatic heterocycles. The average Bonchev–Trinajstić information content (AvgIpc) is 3.20. The van der Waals surface area contributed by atoms with E-state index >= 15 is 0 Å². The molecule has 24 heavy (non-hydrogen) atoms. The van der Waals surface area contributed by atoms with Gasteiger partial charge in [0.05, 0.1) is 18.8 Å². The summed E-state index contributed by atoms with van der Waals surface area (Å²) in [5.41, 5.74) is 7.01. The number of benzene rings is 1. The van der Waals surface area contributed by atoms with Crippen molar-refractivity contribution in [3.05, 3.63) is 53.9 Å². The van der Waals surface area contributed by atoms with Crippen LogP contribution in [0.1, 0.15) is 37.1 Å². The van der Waals surface area contributed by atoms with E-state index < -0.39 is 0 Å². The van der Waals surface area contributed by atoms with E-state index in [1.54, 1.807) is 18.1 Å². The lowest BCUT2D eigenvalue weighted by Gasteiger charge is -2.11. The molecule has 2 heterocycles. The van der Waals surface area contributed by atoms with Crippen LogP contribution in [0.15, 0.2) is 41.8 Å². The molecular weight excluding hydrogens is 322 g/mol. The third kappa shape index (κ3) is 3.65. The van der Waals surface area contributed by atoms with Crippen LogP contribution in [0.5, 0.6) is 0 Å². The van der Waals surface area contributed by atoms with Crippen LogP contribution in [-0.4, -0.2) is 29.5 Å². The van der Waals surface area contributed by atoms with E-state index in [0.29, 0.717) is 24.9 Å². The third-order valence-corrected chi connectivity index (χ3v) is 4.66. The molecule has 126 valence electrons. The highest BCUT2D eigenvalue weighted by Gasteiger charge is 2.14. The van der Waals surface area contributed by atoms with Crippen LogP contribution in [-0.2, 0) is 18.8 Å². The molecule has 0 aliphatic carbocycles. The SMILES string of the molecule is CC(C)n1cnnc1CSc1nnc(CN)n1Cc1ccccc1. The van der Waals surface area contributed by atoms with Gasteiger partial charge in [-0.15, -0.1) is 20.4 Å². The zero-order chi connectivity index (χ0) is 16.9. The van der Waals surface area contributed by atoms with Crippen molar-refractivity contribution in [3.63, 3.8) is 0 Å². The van der Waals surface area contributed by atoms with Gasteiger partial charge >= 0.3 is 0 Å². The molecule has 0 fully saturated rings. The molecule has 2 N–H and O–H groups in total. The Labute approximate surface area is 145 Å². The molecule has 3 aromatic rings. The van der Waals surface area contributed by atoms with Gasteiger partial charge < -0.3 is 14.9 Å². The quantitative estimate of drug-likeness (QED) is 0.662. The Bertz CT molecular complexity index is 779. The summed E-state index contributed by atoms with van der Waals surface area (Å²) in [5, 5.41) is 17.6. The maximum Gasteiger partial charge on any atom is 0.192 e. The topological polar surface area (TPSA) is 87.4 Å². The van der Waals surface area contributed by atoms with Crippen molar-refractivity contribution in [1.29, 1.82) is 0 Å². The highest BCUT2D eigenvalue weighted by atomic mass is 32.2. The Morgan fingerprint density at radius 1 is 1.08 bits per heavy atom. The fraction of sp³-hybridized carbons (Fsp3) is 0.375. The van der Waals surface area contributed by atoms with E-state index in [0.717, 1.165) is 16.8 Å². The van der Waals surface area contributed by atoms with Crippen molar-refractivity contribution in [2.24, 2.45) is 5.73 Å². The summed E-state index contributed by atoms with van der Waals surface area (Å²) in [4.78, 5) is 0. The lowest BCUT2D eigenvalue weighted by molar-refractivity contribution is 0.579. The highest BCUT2D eigenvalue weighted by Crippen LogP contribution is 2.23. The first-order valence-corrected chi connectivity index (χ1v) is 8.85. The van der Waals surface area contributed by atoms with E-state index in [9.17, 15) is 0 Å². The number of hydrogen-bond acceptors (Lipinski definition) is 6. The van der Waals surface area contributed by atoms with Crippen LogP contribution >= 0.6 is 11.8 Å². The normalized spacial score (nSPS) is 11.3. The van der Waals surface area contributed by atoms with Crippen molar-refractivity contribution in [2.45, 2.75) is 43.9 Å². The maximum atomic E-state index is 5.81. The van der Waals surface area contributed by atoms with Crippen LogP contribution in [0.2, 0.25) is 0 Å². The first kappa shape index (κ1) is 16.7. The Hall–Kier alpha value is -2.19. The van der Waals surface area contributed by atoms with Gasteiger partial charge in [-0.2, -0.15) is 0 Å². The highest BCUT2D eigenvalue weighted by molar-refractivity contribution is 7.98. The number of nitrogens with zero attached hydrogens (tertiary/aromatic N) is 6. The zero-order valence-electron chi connectivity index (χ0n) is 13.8. The molecule has 0 saturated heterocycles. The van der Waals surface area contributed by atoms with Gasteiger partial charge in [0, 0.05) is 6.04 Å². The Morgan fingerprint density at radius 3 is 2.58 bits per heavy atom. The van der Waals surface area contributed by atoms with Crippen molar-refractivity contribution in [1.82, 2.24) is 29.5 Å². The largest absolute Gasteiger partial charge is 0.324 e. The van der Waals surface area contributed by atoms with Crippen LogP contribution in [0.3, 0.4) is 0 Å². The Balaban J connectivity index is 1.78. The minimum absolute atomic E-state index is 0.331. The second-order valence-electron chi connectivity index (χ2n) is 5.71. The summed E-state index contributed by atoms with van der Waals surface area (Å²) >= 11 is 1.60. The predicted octanol–water partition coefficient (Wildman–Crippen LogP) is 2.25. The van der Waals surface area contributed by atoms with Crippen molar-refractivity contribution < 1.29 is 0 Å². The molecule has 0 aliphatic rings. The molecule has 0 amide bonds. The molecule has 8 heteroatoms. The van der Waals surface area contributed by atoms with Gasteiger partial charge in [-0.05, 0) is 19.4 Å². The average molecular weight is 343 g/mol. The third-order valence-electron chi connectivity index (χ3n) is 3.69. The minimum atomic E-state index is 0.331. The molecule has 2 aromatic heterocycles. The van der Waals surface area contributed by atoms with Gasteiger partial charge in [-0.25, -0.2) is 0 Å². The monoisotopic (exact) mass is 343 g/mol. The number of thioether (sulfide) groups is 1. The summed E-state index contributed by atoms with van der Waals surface area (Å²) in [6.45, 7) is 5.30. The molecule has 0 radical (unpaired) electrons. The molecule has 7 nitrogen and oxygen atoms in total. The van der Waals surface area contributed by atoms with Gasteiger partial charge in [0.1, 0.15) is 18.0 Å². The van der Waals surface area contributed by atoms with Crippen LogP contribution in [0.4, 0.5) is 0 Å². The first-order valence-electron chi connectivity index (χ1n) is 7.86. The molecule has 3 rings (SSSR count). The van der Waals surface area contributed by atoms with Crippen LogP contribution in [0, 0.1) is 0 Å². The Morgan fingerprint density at radius 2 is 1.88 bits per heavy atom. The molecule has 0 bridgehead atoms. The standard InChI is InChI=1S/C16H21N7S/c1-12(2)23-11-18-19-15(23)10-24-16-21-20-14(8-17)22(16)9-13-6-4-3-5-7-13/h3-7,11-12H,8-10,17H2,1-2H3. The molecule has 0 unspecified atom stereocenters. The number of aromatic nitrogens is 6. The predicted molar refractivity (Wildman–Crippen MR) is 93.4 cm³/mol. The molecule has 0 spiro atoms. The second-order valence-corrected chi connectivity index (χ2v) is 6.65. The van der Waals surface area contributed by atoms with Gasteiger partial charge in [-0.3, -0.25) is 0 Å². The van der Waals surface area contributed by atoms with E-state index in [4.69, 9.17) is 5.73 Å². The van der Waals surface area contributed by atoms with Crippen molar-refractivity contribution in [3.8, 4) is 0 Å². The molecule has 0 saturated carbocycles. The van der Waals surface area contributed by atoms with E-state index in [-0.39, 0.29) is 0 Å². The van der Waals surface area contributed by atoms with Crippen LogP contribution < -0.4 is 5.73 Å². The van der Waals surface area contributed by atoms with Gasteiger partial charge in [0.15, 0.2) is 5.16 Å². The summed E-state index contributed by atoms with van der Waals surface area (Å²) in [6.07, 6.45) is 1.76. The fourth-order valence-electron chi connectivity index (χ4n) is 2.43. The van der Waals surface area contributed by atoms with Gasteiger partial charge in [0.2, 0.25) is 0 Å².